The third-order valence-corrected chi connectivity index (χ3v) is 7.93. The summed E-state index contributed by atoms with van der Waals surface area (Å²) in [4.78, 5) is 28.9. The summed E-state index contributed by atoms with van der Waals surface area (Å²) < 4.78 is 0. The molecule has 0 heterocycles. The van der Waals surface area contributed by atoms with E-state index in [0.717, 1.165) is 23.1 Å². The minimum Gasteiger partial charge on any atom is -0.352 e. The summed E-state index contributed by atoms with van der Waals surface area (Å²) in [5, 5.41) is 4.79. The van der Waals surface area contributed by atoms with Crippen molar-refractivity contribution in [3.63, 3.8) is 0 Å². The monoisotopic (exact) mass is 576 g/mol. The van der Waals surface area contributed by atoms with E-state index in [9.17, 15) is 9.59 Å². The second kappa shape index (κ2) is 14.7. The Morgan fingerprint density at radius 2 is 1.57 bits per heavy atom. The number of carbonyl (C=O) groups is 2. The third-order valence-electron chi connectivity index (χ3n) is 6.05. The second-order valence-electron chi connectivity index (χ2n) is 8.87. The van der Waals surface area contributed by atoms with E-state index in [4.69, 9.17) is 34.8 Å². The Kier molecular flexibility index (Phi) is 11.7. The van der Waals surface area contributed by atoms with E-state index in [1.165, 1.54) is 11.8 Å². The van der Waals surface area contributed by atoms with Gasteiger partial charge in [-0.1, -0.05) is 90.3 Å². The Morgan fingerprint density at radius 1 is 0.919 bits per heavy atom. The van der Waals surface area contributed by atoms with Gasteiger partial charge in [-0.25, -0.2) is 0 Å². The fourth-order valence-electron chi connectivity index (χ4n) is 3.82. The van der Waals surface area contributed by atoms with Crippen molar-refractivity contribution in [3.05, 3.63) is 105 Å². The topological polar surface area (TPSA) is 49.4 Å². The van der Waals surface area contributed by atoms with Gasteiger partial charge in [0.15, 0.2) is 0 Å². The predicted molar refractivity (Wildman–Crippen MR) is 156 cm³/mol. The van der Waals surface area contributed by atoms with Crippen LogP contribution in [0.5, 0.6) is 0 Å². The van der Waals surface area contributed by atoms with E-state index in [1.807, 2.05) is 62.4 Å². The highest BCUT2D eigenvalue weighted by atomic mass is 35.5. The number of amides is 2. The molecule has 4 nitrogen and oxygen atoms in total. The molecule has 0 aliphatic heterocycles. The van der Waals surface area contributed by atoms with Gasteiger partial charge in [-0.3, -0.25) is 9.59 Å². The molecule has 0 aliphatic rings. The van der Waals surface area contributed by atoms with E-state index in [1.54, 1.807) is 29.2 Å². The van der Waals surface area contributed by atoms with Crippen LogP contribution in [0.2, 0.25) is 15.1 Å². The Balaban J connectivity index is 1.88. The quantitative estimate of drug-likeness (QED) is 0.243. The zero-order valence-electron chi connectivity index (χ0n) is 20.9. The molecule has 0 bridgehead atoms. The Labute approximate surface area is 238 Å². The largest absolute Gasteiger partial charge is 0.352 e. The first-order valence-corrected chi connectivity index (χ1v) is 14.5. The first-order chi connectivity index (χ1) is 17.8. The van der Waals surface area contributed by atoms with Gasteiger partial charge in [0.2, 0.25) is 11.8 Å². The van der Waals surface area contributed by atoms with Crippen LogP contribution in [0.1, 0.15) is 37.0 Å². The molecule has 2 atom stereocenters. The molecule has 0 saturated carbocycles. The van der Waals surface area contributed by atoms with Gasteiger partial charge in [-0.2, -0.15) is 0 Å². The molecule has 8 heteroatoms. The highest BCUT2D eigenvalue weighted by Gasteiger charge is 2.31. The summed E-state index contributed by atoms with van der Waals surface area (Å²) >= 11 is 20.3. The molecular formula is C29H31Cl3N2O2S. The van der Waals surface area contributed by atoms with Crippen molar-refractivity contribution >= 4 is 58.4 Å². The molecule has 3 aromatic carbocycles. The number of hydrogen-bond donors (Lipinski definition) is 1. The van der Waals surface area contributed by atoms with Gasteiger partial charge >= 0.3 is 0 Å². The highest BCUT2D eigenvalue weighted by Crippen LogP contribution is 2.28. The van der Waals surface area contributed by atoms with Crippen molar-refractivity contribution in [1.82, 2.24) is 10.2 Å². The van der Waals surface area contributed by atoms with Crippen LogP contribution in [-0.4, -0.2) is 34.6 Å². The molecule has 1 N–H and O–H groups in total. The maximum atomic E-state index is 13.7. The fraction of sp³-hybridized carbons (Fsp3) is 0.310. The standard InChI is InChI=1S/C29H31Cl3N2O2S/c1-3-20(2)33-29(36)27(16-21-9-5-4-6-10-21)34(17-22-11-7-12-23(30)15-22)28(35)19-37-18-24-25(31)13-8-14-26(24)32/h4-15,20,27H,3,16-19H2,1-2H3,(H,33,36)/t20-,27-/m1/s1. The highest BCUT2D eigenvalue weighted by molar-refractivity contribution is 7.99. The normalized spacial score (nSPS) is 12.6. The van der Waals surface area contributed by atoms with Gasteiger partial charge in [0.25, 0.3) is 0 Å². The SMILES string of the molecule is CC[C@@H](C)NC(=O)[C@@H](Cc1ccccc1)N(Cc1cccc(Cl)c1)C(=O)CSCc1c(Cl)cccc1Cl. The number of thioether (sulfide) groups is 1. The van der Waals surface area contributed by atoms with E-state index in [0.29, 0.717) is 27.2 Å². The van der Waals surface area contributed by atoms with E-state index in [2.05, 4.69) is 5.32 Å². The van der Waals surface area contributed by atoms with Gasteiger partial charge in [0, 0.05) is 39.8 Å². The van der Waals surface area contributed by atoms with Crippen molar-refractivity contribution in [3.8, 4) is 0 Å². The predicted octanol–water partition coefficient (Wildman–Crippen LogP) is 7.43. The van der Waals surface area contributed by atoms with Crippen molar-refractivity contribution in [2.45, 2.75) is 51.1 Å². The Morgan fingerprint density at radius 3 is 2.22 bits per heavy atom. The molecule has 37 heavy (non-hydrogen) atoms. The molecule has 0 unspecified atom stereocenters. The first kappa shape index (κ1) is 29.4. The van der Waals surface area contributed by atoms with E-state index in [-0.39, 0.29) is 30.2 Å². The van der Waals surface area contributed by atoms with Crippen LogP contribution in [-0.2, 0) is 28.3 Å². The summed E-state index contributed by atoms with van der Waals surface area (Å²) in [6, 6.07) is 21.8. The molecule has 0 aromatic heterocycles. The Hall–Kier alpha value is -2.18. The zero-order valence-corrected chi connectivity index (χ0v) is 24.0. The lowest BCUT2D eigenvalue weighted by molar-refractivity contribution is -0.139. The van der Waals surface area contributed by atoms with Crippen molar-refractivity contribution in [2.24, 2.45) is 0 Å². The van der Waals surface area contributed by atoms with Crippen LogP contribution in [0.15, 0.2) is 72.8 Å². The van der Waals surface area contributed by atoms with Crippen LogP contribution < -0.4 is 5.32 Å². The average Bonchev–Trinajstić information content (AvgIpc) is 2.88. The summed E-state index contributed by atoms with van der Waals surface area (Å²) in [5.74, 6) is 0.336. The summed E-state index contributed by atoms with van der Waals surface area (Å²) in [5.41, 5.74) is 2.63. The van der Waals surface area contributed by atoms with Crippen LogP contribution in [0.4, 0.5) is 0 Å². The lowest BCUT2D eigenvalue weighted by Crippen LogP contribution is -2.52. The molecule has 0 spiro atoms. The minimum absolute atomic E-state index is 0.00867. The van der Waals surface area contributed by atoms with Gasteiger partial charge in [0.1, 0.15) is 6.04 Å². The van der Waals surface area contributed by atoms with Gasteiger partial charge < -0.3 is 10.2 Å². The van der Waals surface area contributed by atoms with E-state index < -0.39 is 6.04 Å². The van der Waals surface area contributed by atoms with Gasteiger partial charge in [0.05, 0.1) is 5.75 Å². The maximum Gasteiger partial charge on any atom is 0.243 e. The Bertz CT molecular complexity index is 1170. The molecule has 3 aromatic rings. The first-order valence-electron chi connectivity index (χ1n) is 12.2. The molecule has 0 radical (unpaired) electrons. The van der Waals surface area contributed by atoms with Gasteiger partial charge in [-0.05, 0) is 54.3 Å². The zero-order chi connectivity index (χ0) is 26.8. The van der Waals surface area contributed by atoms with Crippen LogP contribution >= 0.6 is 46.6 Å². The molecule has 196 valence electrons. The molecular weight excluding hydrogens is 547 g/mol. The van der Waals surface area contributed by atoms with Crippen LogP contribution in [0.25, 0.3) is 0 Å². The number of rotatable bonds is 12. The third kappa shape index (κ3) is 8.96. The van der Waals surface area contributed by atoms with Crippen molar-refractivity contribution in [1.29, 1.82) is 0 Å². The van der Waals surface area contributed by atoms with E-state index >= 15 is 0 Å². The lowest BCUT2D eigenvalue weighted by atomic mass is 10.0. The number of nitrogens with one attached hydrogen (secondary N) is 1. The number of nitrogens with zero attached hydrogens (tertiary/aromatic N) is 1. The number of hydrogen-bond acceptors (Lipinski definition) is 3. The number of carbonyl (C=O) groups excluding carboxylic acids is 2. The lowest BCUT2D eigenvalue weighted by Gasteiger charge is -2.32. The maximum absolute atomic E-state index is 13.7. The van der Waals surface area contributed by atoms with Crippen LogP contribution in [0, 0.1) is 0 Å². The average molecular weight is 578 g/mol. The summed E-state index contributed by atoms with van der Waals surface area (Å²) in [6.07, 6.45) is 1.19. The smallest absolute Gasteiger partial charge is 0.243 e. The molecule has 0 saturated heterocycles. The minimum atomic E-state index is -0.688. The molecule has 0 fully saturated rings. The number of halogens is 3. The number of benzene rings is 3. The molecule has 3 rings (SSSR count). The summed E-state index contributed by atoms with van der Waals surface area (Å²) in [6.45, 7) is 4.24. The van der Waals surface area contributed by atoms with Gasteiger partial charge in [-0.15, -0.1) is 11.8 Å². The molecule has 2 amide bonds. The van der Waals surface area contributed by atoms with Crippen molar-refractivity contribution < 1.29 is 9.59 Å². The van der Waals surface area contributed by atoms with Crippen molar-refractivity contribution in [2.75, 3.05) is 5.75 Å². The van der Waals surface area contributed by atoms with Crippen LogP contribution in [0.3, 0.4) is 0 Å². The summed E-state index contributed by atoms with van der Waals surface area (Å²) in [7, 11) is 0. The fourth-order valence-corrected chi connectivity index (χ4v) is 5.68. The second-order valence-corrected chi connectivity index (χ2v) is 11.1. The molecule has 0 aliphatic carbocycles.